The predicted molar refractivity (Wildman–Crippen MR) is 171 cm³/mol. The molecular formula is C33H40O20. The molecule has 0 spiro atoms. The summed E-state index contributed by atoms with van der Waals surface area (Å²) in [7, 11) is 0. The Bertz CT molecular complexity index is 1830. The molecule has 53 heavy (non-hydrogen) atoms. The van der Waals surface area contributed by atoms with E-state index in [1.807, 2.05) is 0 Å². The molecule has 6 rings (SSSR count). The van der Waals surface area contributed by atoms with E-state index in [4.69, 9.17) is 28.1 Å². The number of aromatic hydroxyl groups is 3. The second-order valence-electron chi connectivity index (χ2n) is 13.1. The second-order valence-corrected chi connectivity index (χ2v) is 13.1. The Labute approximate surface area is 298 Å². The van der Waals surface area contributed by atoms with Crippen LogP contribution in [0.4, 0.5) is 0 Å². The van der Waals surface area contributed by atoms with Crippen molar-refractivity contribution in [3.63, 3.8) is 0 Å². The van der Waals surface area contributed by atoms with E-state index in [0.717, 1.165) is 24.3 Å². The van der Waals surface area contributed by atoms with E-state index in [0.29, 0.717) is 0 Å². The number of hydrogen-bond donors (Lipinski definition) is 13. The Morgan fingerprint density at radius 2 is 1.32 bits per heavy atom. The average molecular weight is 757 g/mol. The van der Waals surface area contributed by atoms with Gasteiger partial charge in [0.25, 0.3) is 0 Å². The first-order valence-corrected chi connectivity index (χ1v) is 16.4. The molecule has 3 aliphatic heterocycles. The highest BCUT2D eigenvalue weighted by Crippen LogP contribution is 2.46. The van der Waals surface area contributed by atoms with Crippen molar-refractivity contribution in [1.29, 1.82) is 0 Å². The van der Waals surface area contributed by atoms with Crippen molar-refractivity contribution in [2.75, 3.05) is 13.2 Å². The van der Waals surface area contributed by atoms with Crippen molar-refractivity contribution >= 4 is 11.0 Å². The third-order valence-corrected chi connectivity index (χ3v) is 9.58. The molecule has 3 saturated heterocycles. The molecule has 3 fully saturated rings. The number of phenolic OH excluding ortho intramolecular Hbond substituents is 3. The molecule has 13 N–H and O–H groups in total. The standard InChI is InChI=1S/C33H40O20/c1-9-21(38)25(42)29(46)32(49-9)48-8-18-23(40)27(44)30(47)33(53-18)52-16-6-15-19(13(37)5-14(50-15)10-2-3-11(35)12(36)4-10)24(41)20(16)31-28(45)26(43)22(39)17(7-34)51-31/h2-6,9,17-18,21-23,25-36,38-47H,7-8H2,1H3/t9-,17+,18+,21-,22+,23-,25+,26-,27-,28+,29+,30+,31-,32+,33+/m0/s1. The number of aliphatic hydroxyl groups is 10. The van der Waals surface area contributed by atoms with Gasteiger partial charge >= 0.3 is 0 Å². The van der Waals surface area contributed by atoms with Gasteiger partial charge in [0.05, 0.1) is 24.9 Å². The van der Waals surface area contributed by atoms with Gasteiger partial charge in [0, 0.05) is 17.7 Å². The molecule has 0 unspecified atom stereocenters. The molecule has 0 aliphatic carbocycles. The lowest BCUT2D eigenvalue weighted by atomic mass is 9.89. The number of phenols is 3. The van der Waals surface area contributed by atoms with Crippen LogP contribution in [0, 0.1) is 0 Å². The molecule has 0 saturated carbocycles. The third kappa shape index (κ3) is 7.15. The van der Waals surface area contributed by atoms with Gasteiger partial charge in [-0.05, 0) is 25.1 Å². The molecule has 20 nitrogen and oxygen atoms in total. The van der Waals surface area contributed by atoms with Crippen LogP contribution in [0.15, 0.2) is 39.5 Å². The van der Waals surface area contributed by atoms with Gasteiger partial charge in [-0.15, -0.1) is 0 Å². The molecule has 3 aliphatic rings. The summed E-state index contributed by atoms with van der Waals surface area (Å²) in [5.74, 6) is -2.71. The molecule has 0 radical (unpaired) electrons. The molecule has 15 atom stereocenters. The SMILES string of the molecule is C[C@@H]1O[C@@H](OC[C@H]2O[C@@H](Oc3cc4oc(-c5ccc(O)c(O)c5)cc(=O)c4c(O)c3[C@@H]3O[C@H](CO)[C@@H](O)[C@H](O)[C@H]3O)[C@H](O)[C@@H](O)[C@H]2O)[C@H](O)[C@H](O)[C@H]1O. The topological polar surface area (TPSA) is 339 Å². The monoisotopic (exact) mass is 756 g/mol. The molecular weight excluding hydrogens is 716 g/mol. The lowest BCUT2D eigenvalue weighted by molar-refractivity contribution is -0.318. The van der Waals surface area contributed by atoms with Crippen molar-refractivity contribution in [2.45, 2.75) is 98.9 Å². The van der Waals surface area contributed by atoms with E-state index < -0.39 is 150 Å². The van der Waals surface area contributed by atoms with Gasteiger partial charge in [0.2, 0.25) is 6.29 Å². The van der Waals surface area contributed by atoms with E-state index in [-0.39, 0.29) is 11.3 Å². The van der Waals surface area contributed by atoms with Crippen molar-refractivity contribution in [3.8, 4) is 34.3 Å². The fraction of sp³-hybridized carbons (Fsp3) is 0.545. The van der Waals surface area contributed by atoms with E-state index in [9.17, 15) is 71.2 Å². The van der Waals surface area contributed by atoms with E-state index in [1.165, 1.54) is 13.0 Å². The van der Waals surface area contributed by atoms with Crippen LogP contribution in [0.1, 0.15) is 18.6 Å². The minimum Gasteiger partial charge on any atom is -0.506 e. The van der Waals surface area contributed by atoms with Crippen LogP contribution < -0.4 is 10.2 Å². The van der Waals surface area contributed by atoms with Crippen LogP contribution in [0.25, 0.3) is 22.3 Å². The number of aliphatic hydroxyl groups excluding tert-OH is 10. The molecule has 3 aromatic rings. The van der Waals surface area contributed by atoms with Crippen LogP contribution >= 0.6 is 0 Å². The summed E-state index contributed by atoms with van der Waals surface area (Å²) in [6, 6.07) is 5.45. The average Bonchev–Trinajstić information content (AvgIpc) is 3.12. The highest BCUT2D eigenvalue weighted by molar-refractivity contribution is 5.88. The summed E-state index contributed by atoms with van der Waals surface area (Å²) in [4.78, 5) is 13.5. The molecule has 1 aromatic heterocycles. The predicted octanol–water partition coefficient (Wildman–Crippen LogP) is -3.88. The number of rotatable bonds is 8. The zero-order chi connectivity index (χ0) is 38.6. The lowest BCUT2D eigenvalue weighted by Gasteiger charge is -2.43. The van der Waals surface area contributed by atoms with E-state index in [2.05, 4.69) is 0 Å². The Kier molecular flexibility index (Phi) is 11.2. The van der Waals surface area contributed by atoms with Crippen molar-refractivity contribution in [2.24, 2.45) is 0 Å². The van der Waals surface area contributed by atoms with Crippen LogP contribution in [0.3, 0.4) is 0 Å². The van der Waals surface area contributed by atoms with Gasteiger partial charge in [-0.1, -0.05) is 0 Å². The minimum absolute atomic E-state index is 0.105. The maximum Gasteiger partial charge on any atom is 0.229 e. The molecule has 292 valence electrons. The zero-order valence-electron chi connectivity index (χ0n) is 27.6. The number of ether oxygens (including phenoxy) is 5. The normalized spacial score (nSPS) is 37.8. The maximum atomic E-state index is 13.5. The highest BCUT2D eigenvalue weighted by atomic mass is 16.7. The van der Waals surface area contributed by atoms with Crippen molar-refractivity contribution in [1.82, 2.24) is 0 Å². The Hall–Kier alpha value is -3.71. The summed E-state index contributed by atoms with van der Waals surface area (Å²) in [5.41, 5.74) is -1.74. The number of hydrogen-bond acceptors (Lipinski definition) is 20. The highest BCUT2D eigenvalue weighted by Gasteiger charge is 2.50. The fourth-order valence-electron chi connectivity index (χ4n) is 6.44. The van der Waals surface area contributed by atoms with Gasteiger partial charge in [0.1, 0.15) is 101 Å². The number of fused-ring (bicyclic) bond motifs is 1. The van der Waals surface area contributed by atoms with E-state index >= 15 is 0 Å². The smallest absolute Gasteiger partial charge is 0.229 e. The molecule has 20 heteroatoms. The third-order valence-electron chi connectivity index (χ3n) is 9.58. The van der Waals surface area contributed by atoms with Gasteiger partial charge < -0.3 is 94.5 Å². The Morgan fingerprint density at radius 1 is 0.679 bits per heavy atom. The summed E-state index contributed by atoms with van der Waals surface area (Å²) >= 11 is 0. The number of benzene rings is 2. The van der Waals surface area contributed by atoms with Crippen LogP contribution in [0.2, 0.25) is 0 Å². The van der Waals surface area contributed by atoms with E-state index in [1.54, 1.807) is 0 Å². The summed E-state index contributed by atoms with van der Waals surface area (Å²) in [6.45, 7) is -0.138. The molecule has 2 aromatic carbocycles. The van der Waals surface area contributed by atoms with Crippen LogP contribution in [-0.4, -0.2) is 165 Å². The molecule has 0 bridgehead atoms. The van der Waals surface area contributed by atoms with Crippen molar-refractivity contribution in [3.05, 3.63) is 46.1 Å². The largest absolute Gasteiger partial charge is 0.506 e. The Morgan fingerprint density at radius 3 is 2.00 bits per heavy atom. The first kappa shape index (κ1) is 39.0. The van der Waals surface area contributed by atoms with Gasteiger partial charge in [0.15, 0.2) is 23.2 Å². The van der Waals surface area contributed by atoms with Crippen molar-refractivity contribution < 1.29 is 94.5 Å². The first-order chi connectivity index (χ1) is 25.0. The van der Waals surface area contributed by atoms with Gasteiger partial charge in [-0.25, -0.2) is 0 Å². The van der Waals surface area contributed by atoms with Crippen LogP contribution in [0.5, 0.6) is 23.0 Å². The van der Waals surface area contributed by atoms with Crippen LogP contribution in [-0.2, 0) is 18.9 Å². The summed E-state index contributed by atoms with van der Waals surface area (Å²) in [5, 5.41) is 135. The zero-order valence-corrected chi connectivity index (χ0v) is 27.6. The quantitative estimate of drug-likeness (QED) is 0.0978. The molecule has 0 amide bonds. The maximum absolute atomic E-state index is 13.5. The lowest BCUT2D eigenvalue weighted by Crippen LogP contribution is -2.61. The first-order valence-electron chi connectivity index (χ1n) is 16.4. The van der Waals surface area contributed by atoms with Gasteiger partial charge in [-0.3, -0.25) is 4.79 Å². The molecule has 4 heterocycles. The van der Waals surface area contributed by atoms with Gasteiger partial charge in [-0.2, -0.15) is 0 Å². The second kappa shape index (κ2) is 15.2. The summed E-state index contributed by atoms with van der Waals surface area (Å²) in [6.07, 6.45) is -26.0. The Balaban J connectivity index is 1.39. The fourth-order valence-corrected chi connectivity index (χ4v) is 6.44. The summed E-state index contributed by atoms with van der Waals surface area (Å²) < 4.78 is 34.0. The minimum atomic E-state index is -2.05.